The Morgan fingerprint density at radius 3 is 2.56 bits per heavy atom. The number of carbonyl (C=O) groups excluding carboxylic acids is 2. The number of amidine groups is 1. The molecule has 1 aliphatic carbocycles. The van der Waals surface area contributed by atoms with Gasteiger partial charge in [-0.15, -0.1) is 0 Å². The first-order chi connectivity index (χ1) is 16.5. The first-order valence-corrected chi connectivity index (χ1v) is 17.3. The van der Waals surface area contributed by atoms with Crippen molar-refractivity contribution < 1.29 is 28.2 Å². The number of hydrogen-bond acceptors (Lipinski definition) is 7. The number of fused-ring (bicyclic) bond motifs is 1. The number of methoxy groups -OCH3 is 1. The number of halogens is 2. The van der Waals surface area contributed by atoms with Gasteiger partial charge in [0.15, 0.2) is 5.17 Å². The van der Waals surface area contributed by atoms with E-state index in [9.17, 15) is 9.59 Å². The molecule has 3 rings (SSSR count). The van der Waals surface area contributed by atoms with E-state index in [1.165, 1.54) is 29.8 Å². The normalized spacial score (nSPS) is 25.5. The van der Waals surface area contributed by atoms with Gasteiger partial charge in [-0.2, -0.15) is 0 Å². The highest BCUT2D eigenvalue weighted by Crippen LogP contribution is 2.67. The standard InChI is InChI=1S/C25H36BrFN2O5SSi/c1-23(2,3)34-22(31)29(15-33-11-12-36(6,7)8)21-28-24(4,17-13-16(26)9-10-18(17)27)19-14-25(19,35-21)20(30)32-5/h9-10,13,19H,11-12,14-15H2,1-8H3. The molecule has 1 saturated carbocycles. The zero-order chi connectivity index (χ0) is 27.1. The van der Waals surface area contributed by atoms with Crippen molar-refractivity contribution in [1.82, 2.24) is 4.90 Å². The molecular formula is C25H36BrFN2O5SSi. The van der Waals surface area contributed by atoms with Gasteiger partial charge < -0.3 is 14.2 Å². The van der Waals surface area contributed by atoms with Crippen LogP contribution < -0.4 is 0 Å². The predicted molar refractivity (Wildman–Crippen MR) is 146 cm³/mol. The van der Waals surface area contributed by atoms with E-state index in [0.29, 0.717) is 23.1 Å². The van der Waals surface area contributed by atoms with Crippen molar-refractivity contribution in [3.63, 3.8) is 0 Å². The Labute approximate surface area is 226 Å². The number of ether oxygens (including phenoxy) is 3. The maximum atomic E-state index is 15.1. The van der Waals surface area contributed by atoms with E-state index in [1.54, 1.807) is 39.8 Å². The molecule has 2 aliphatic rings. The van der Waals surface area contributed by atoms with Crippen LogP contribution in [0.15, 0.2) is 27.7 Å². The smallest absolute Gasteiger partial charge is 0.418 e. The molecule has 0 aromatic heterocycles. The Hall–Kier alpha value is -1.43. The lowest BCUT2D eigenvalue weighted by molar-refractivity contribution is -0.141. The fourth-order valence-corrected chi connectivity index (χ4v) is 6.90. The molecule has 7 nitrogen and oxygen atoms in total. The van der Waals surface area contributed by atoms with E-state index in [0.717, 1.165) is 6.04 Å². The molecule has 3 unspecified atom stereocenters. The summed E-state index contributed by atoms with van der Waals surface area (Å²) in [5.41, 5.74) is -1.52. The van der Waals surface area contributed by atoms with Crippen LogP contribution in [0.5, 0.6) is 0 Å². The van der Waals surface area contributed by atoms with Crippen LogP contribution in [0.25, 0.3) is 0 Å². The van der Waals surface area contributed by atoms with Gasteiger partial charge in [-0.1, -0.05) is 47.3 Å². The van der Waals surface area contributed by atoms with E-state index in [-0.39, 0.29) is 17.8 Å². The van der Waals surface area contributed by atoms with Crippen LogP contribution in [0, 0.1) is 11.7 Å². The van der Waals surface area contributed by atoms with Gasteiger partial charge in [0.05, 0.1) is 12.6 Å². The predicted octanol–water partition coefficient (Wildman–Crippen LogP) is 6.39. The fraction of sp³-hybridized carbons (Fsp3) is 0.640. The molecule has 0 radical (unpaired) electrons. The Kier molecular flexibility index (Phi) is 8.40. The second-order valence-corrected chi connectivity index (χ2v) is 19.5. The molecule has 1 heterocycles. The van der Waals surface area contributed by atoms with Crippen molar-refractivity contribution >= 4 is 53.0 Å². The number of esters is 1. The van der Waals surface area contributed by atoms with E-state index >= 15 is 4.39 Å². The molecular weight excluding hydrogens is 567 g/mol. The monoisotopic (exact) mass is 602 g/mol. The van der Waals surface area contributed by atoms with E-state index in [1.807, 2.05) is 0 Å². The average Bonchev–Trinajstić information content (AvgIpc) is 3.49. The van der Waals surface area contributed by atoms with Gasteiger partial charge in [0.1, 0.15) is 22.9 Å². The maximum absolute atomic E-state index is 15.1. The first-order valence-electron chi connectivity index (χ1n) is 11.9. The Bertz CT molecular complexity index is 1060. The molecule has 1 aromatic rings. The third kappa shape index (κ3) is 6.34. The van der Waals surface area contributed by atoms with Crippen molar-refractivity contribution in [3.8, 4) is 0 Å². The number of rotatable bonds is 7. The van der Waals surface area contributed by atoms with Gasteiger partial charge >= 0.3 is 12.1 Å². The maximum Gasteiger partial charge on any atom is 0.418 e. The van der Waals surface area contributed by atoms with Crippen LogP contribution >= 0.6 is 27.7 Å². The van der Waals surface area contributed by atoms with Gasteiger partial charge in [0.25, 0.3) is 0 Å². The summed E-state index contributed by atoms with van der Waals surface area (Å²) < 4.78 is 31.6. The number of carbonyl (C=O) groups is 2. The van der Waals surface area contributed by atoms with Crippen molar-refractivity contribution in [2.45, 2.75) is 75.7 Å². The lowest BCUT2D eigenvalue weighted by Gasteiger charge is -2.37. The number of hydrogen-bond donors (Lipinski definition) is 0. The minimum absolute atomic E-state index is 0.0931. The molecule has 200 valence electrons. The fourth-order valence-electron chi connectivity index (χ4n) is 4.20. The van der Waals surface area contributed by atoms with Crippen LogP contribution in [0.3, 0.4) is 0 Å². The lowest BCUT2D eigenvalue weighted by atomic mass is 9.85. The molecule has 1 aliphatic heterocycles. The molecule has 1 amide bonds. The highest BCUT2D eigenvalue weighted by molar-refractivity contribution is 9.10. The number of nitrogens with zero attached hydrogens (tertiary/aromatic N) is 2. The summed E-state index contributed by atoms with van der Waals surface area (Å²) >= 11 is 4.59. The highest BCUT2D eigenvalue weighted by Gasteiger charge is 2.72. The second kappa shape index (κ2) is 10.4. The van der Waals surface area contributed by atoms with Gasteiger partial charge in [-0.05, 0) is 58.4 Å². The zero-order valence-corrected chi connectivity index (χ0v) is 25.6. The number of thioether (sulfide) groups is 1. The summed E-state index contributed by atoms with van der Waals surface area (Å²) in [4.78, 5) is 32.5. The van der Waals surface area contributed by atoms with Crippen LogP contribution in [-0.4, -0.2) is 61.0 Å². The zero-order valence-electron chi connectivity index (χ0n) is 22.2. The van der Waals surface area contributed by atoms with Gasteiger partial charge in [-0.25, -0.2) is 14.1 Å². The quantitative estimate of drug-likeness (QED) is 0.156. The van der Waals surface area contributed by atoms with Crippen LogP contribution in [0.1, 0.15) is 39.7 Å². The largest absolute Gasteiger partial charge is 0.468 e. The number of amides is 1. The van der Waals surface area contributed by atoms with E-state index in [2.05, 4.69) is 35.6 Å². The highest BCUT2D eigenvalue weighted by atomic mass is 79.9. The molecule has 1 fully saturated rings. The molecule has 0 spiro atoms. The molecule has 0 bridgehead atoms. The third-order valence-corrected chi connectivity index (χ3v) is 9.93. The van der Waals surface area contributed by atoms with Crippen LogP contribution in [0.2, 0.25) is 25.7 Å². The Morgan fingerprint density at radius 1 is 1.31 bits per heavy atom. The topological polar surface area (TPSA) is 77.4 Å². The van der Waals surface area contributed by atoms with Crippen LogP contribution in [0.4, 0.5) is 9.18 Å². The molecule has 3 atom stereocenters. The lowest BCUT2D eigenvalue weighted by Crippen LogP contribution is -2.47. The summed E-state index contributed by atoms with van der Waals surface area (Å²) in [7, 11) is -0.0177. The van der Waals surface area contributed by atoms with Crippen molar-refractivity contribution in [2.24, 2.45) is 10.9 Å². The van der Waals surface area contributed by atoms with Crippen molar-refractivity contribution in [3.05, 3.63) is 34.1 Å². The van der Waals surface area contributed by atoms with Crippen molar-refractivity contribution in [1.29, 1.82) is 0 Å². The minimum atomic E-state index is -1.35. The average molecular weight is 604 g/mol. The van der Waals surface area contributed by atoms with Gasteiger partial charge in [0, 0.05) is 30.6 Å². The Morgan fingerprint density at radius 2 is 1.97 bits per heavy atom. The summed E-state index contributed by atoms with van der Waals surface area (Å²) in [5.74, 6) is -1.16. The van der Waals surface area contributed by atoms with E-state index < -0.39 is 41.8 Å². The van der Waals surface area contributed by atoms with Gasteiger partial charge in [-0.3, -0.25) is 9.79 Å². The summed E-state index contributed by atoms with van der Waals surface area (Å²) in [6, 6.07) is 5.58. The molecule has 36 heavy (non-hydrogen) atoms. The first kappa shape index (κ1) is 29.1. The summed E-state index contributed by atoms with van der Waals surface area (Å²) in [5, 5.41) is 0.248. The summed E-state index contributed by atoms with van der Waals surface area (Å²) in [6.45, 7) is 14.2. The number of aliphatic imine (C=N–C) groups is 1. The van der Waals surface area contributed by atoms with Crippen LogP contribution in [-0.2, 0) is 24.5 Å². The minimum Gasteiger partial charge on any atom is -0.468 e. The Balaban J connectivity index is 2.05. The third-order valence-electron chi connectivity index (χ3n) is 6.26. The molecule has 0 saturated heterocycles. The number of benzene rings is 1. The van der Waals surface area contributed by atoms with Gasteiger partial charge in [0.2, 0.25) is 0 Å². The van der Waals surface area contributed by atoms with Crippen molar-refractivity contribution in [2.75, 3.05) is 20.4 Å². The summed E-state index contributed by atoms with van der Waals surface area (Å²) in [6.07, 6.45) is -0.198. The SMILES string of the molecule is COC(=O)C12CC1C(C)(c1cc(Br)ccc1F)N=C(N(COCC[Si](C)(C)C)C(=O)OC(C)(C)C)S2. The van der Waals surface area contributed by atoms with E-state index in [4.69, 9.17) is 19.2 Å². The second-order valence-electron chi connectivity index (χ2n) is 11.7. The molecule has 0 N–H and O–H groups in total. The molecule has 1 aromatic carbocycles. The molecule has 11 heteroatoms.